The van der Waals surface area contributed by atoms with E-state index in [4.69, 9.17) is 25.8 Å². The van der Waals surface area contributed by atoms with Crippen LogP contribution in [0.5, 0.6) is 5.75 Å². The Morgan fingerprint density at radius 2 is 1.90 bits per heavy atom. The number of carbonyl (C=O) groups is 1. The van der Waals surface area contributed by atoms with Gasteiger partial charge < -0.3 is 14.2 Å². The number of pyridine rings is 1. The second kappa shape index (κ2) is 9.89. The summed E-state index contributed by atoms with van der Waals surface area (Å²) in [5.74, 6) is 0.0727. The lowest BCUT2D eigenvalue weighted by atomic mass is 10.1. The molecule has 0 radical (unpaired) electrons. The van der Waals surface area contributed by atoms with E-state index in [2.05, 4.69) is 4.98 Å². The normalized spacial score (nSPS) is 12.4. The van der Waals surface area contributed by atoms with Gasteiger partial charge in [-0.2, -0.15) is 0 Å². The molecule has 1 atom stereocenters. The Morgan fingerprint density at radius 3 is 2.41 bits per heavy atom. The van der Waals surface area contributed by atoms with Crippen molar-refractivity contribution in [2.75, 3.05) is 20.8 Å². The number of aromatic nitrogens is 1. The molecule has 0 bridgehead atoms. The number of hydrogen-bond acceptors (Lipinski definition) is 5. The molecule has 1 aromatic heterocycles. The van der Waals surface area contributed by atoms with Gasteiger partial charge >= 0.3 is 6.09 Å². The van der Waals surface area contributed by atoms with Crippen LogP contribution in [-0.4, -0.2) is 42.4 Å². The first-order valence-electron chi connectivity index (χ1n) is 9.07. The molecular weight excluding hydrogens is 399 g/mol. The molecule has 29 heavy (non-hydrogen) atoms. The van der Waals surface area contributed by atoms with Gasteiger partial charge in [-0.1, -0.05) is 23.7 Å². The van der Waals surface area contributed by atoms with E-state index in [1.165, 1.54) is 18.1 Å². The Labute approximate surface area is 175 Å². The Bertz CT molecular complexity index is 824. The second-order valence-corrected chi connectivity index (χ2v) is 7.86. The summed E-state index contributed by atoms with van der Waals surface area (Å²) >= 11 is 5.94. The maximum atomic E-state index is 13.6. The van der Waals surface area contributed by atoms with Gasteiger partial charge in [0.2, 0.25) is 0 Å². The highest BCUT2D eigenvalue weighted by Crippen LogP contribution is 2.27. The predicted molar refractivity (Wildman–Crippen MR) is 109 cm³/mol. The number of nitrogens with zero attached hydrogens (tertiary/aromatic N) is 2. The van der Waals surface area contributed by atoms with Gasteiger partial charge in [0.05, 0.1) is 30.6 Å². The molecule has 6 nitrogen and oxygen atoms in total. The van der Waals surface area contributed by atoms with Gasteiger partial charge in [-0.05, 0) is 44.5 Å². The van der Waals surface area contributed by atoms with Crippen molar-refractivity contribution in [1.29, 1.82) is 0 Å². The van der Waals surface area contributed by atoms with Crippen molar-refractivity contribution in [3.8, 4) is 5.75 Å². The van der Waals surface area contributed by atoms with Crippen LogP contribution in [0, 0.1) is 5.82 Å². The van der Waals surface area contributed by atoms with E-state index >= 15 is 0 Å². The third-order valence-corrected chi connectivity index (χ3v) is 4.30. The average molecular weight is 425 g/mol. The molecule has 0 aliphatic carbocycles. The Balaban J connectivity index is 2.42. The van der Waals surface area contributed by atoms with E-state index < -0.39 is 23.6 Å². The molecule has 0 aliphatic heterocycles. The topological polar surface area (TPSA) is 60.9 Å². The van der Waals surface area contributed by atoms with Crippen LogP contribution in [-0.2, 0) is 16.0 Å². The molecule has 0 spiro atoms. The van der Waals surface area contributed by atoms with Crippen molar-refractivity contribution in [2.45, 2.75) is 39.0 Å². The van der Waals surface area contributed by atoms with Gasteiger partial charge in [0.25, 0.3) is 0 Å². The van der Waals surface area contributed by atoms with E-state index in [0.29, 0.717) is 11.4 Å². The minimum Gasteiger partial charge on any atom is -0.497 e. The van der Waals surface area contributed by atoms with E-state index in [1.807, 2.05) is 12.1 Å². The summed E-state index contributed by atoms with van der Waals surface area (Å²) in [7, 11) is 3.10. The number of carbonyl (C=O) groups excluding carboxylic acids is 1. The lowest BCUT2D eigenvalue weighted by Gasteiger charge is -2.33. The predicted octanol–water partition coefficient (Wildman–Crippen LogP) is 5.01. The molecular formula is C21H26ClFN2O4. The maximum Gasteiger partial charge on any atom is 0.411 e. The second-order valence-electron chi connectivity index (χ2n) is 7.45. The molecule has 8 heteroatoms. The first kappa shape index (κ1) is 22.9. The van der Waals surface area contributed by atoms with Crippen molar-refractivity contribution >= 4 is 17.7 Å². The van der Waals surface area contributed by atoms with Crippen LogP contribution in [0.25, 0.3) is 0 Å². The van der Waals surface area contributed by atoms with Crippen LogP contribution in [0.4, 0.5) is 9.18 Å². The molecule has 2 rings (SSSR count). The summed E-state index contributed by atoms with van der Waals surface area (Å²) < 4.78 is 29.7. The molecule has 0 fully saturated rings. The van der Waals surface area contributed by atoms with Crippen LogP contribution in [0.15, 0.2) is 36.5 Å². The third kappa shape index (κ3) is 6.58. The smallest absolute Gasteiger partial charge is 0.411 e. The van der Waals surface area contributed by atoms with Crippen LogP contribution in [0.2, 0.25) is 5.02 Å². The monoisotopic (exact) mass is 424 g/mol. The number of ether oxygens (including phenoxy) is 3. The minimum absolute atomic E-state index is 0.0790. The van der Waals surface area contributed by atoms with Crippen molar-refractivity contribution in [1.82, 2.24) is 9.88 Å². The number of rotatable bonds is 7. The summed E-state index contributed by atoms with van der Waals surface area (Å²) in [6.07, 6.45) is 0.485. The van der Waals surface area contributed by atoms with Gasteiger partial charge in [-0.15, -0.1) is 0 Å². The molecule has 1 amide bonds. The molecule has 158 valence electrons. The van der Waals surface area contributed by atoms with Gasteiger partial charge in [0.15, 0.2) is 5.82 Å². The highest BCUT2D eigenvalue weighted by Gasteiger charge is 2.31. The fourth-order valence-electron chi connectivity index (χ4n) is 2.65. The van der Waals surface area contributed by atoms with Gasteiger partial charge in [0, 0.05) is 13.7 Å². The highest BCUT2D eigenvalue weighted by molar-refractivity contribution is 6.30. The van der Waals surface area contributed by atoms with Gasteiger partial charge in [-0.25, -0.2) is 9.18 Å². The highest BCUT2D eigenvalue weighted by atomic mass is 35.5. The van der Waals surface area contributed by atoms with Crippen molar-refractivity contribution in [3.63, 3.8) is 0 Å². The zero-order valence-corrected chi connectivity index (χ0v) is 18.0. The summed E-state index contributed by atoms with van der Waals surface area (Å²) in [6, 6.07) is 8.08. The van der Waals surface area contributed by atoms with Crippen molar-refractivity contribution in [3.05, 3.63) is 58.6 Å². The molecule has 2 aromatic rings. The lowest BCUT2D eigenvalue weighted by molar-refractivity contribution is 0.00218. The number of methoxy groups -OCH3 is 2. The molecule has 0 N–H and O–H groups in total. The summed E-state index contributed by atoms with van der Waals surface area (Å²) in [4.78, 5) is 18.6. The molecule has 1 unspecified atom stereocenters. The van der Waals surface area contributed by atoms with E-state index in [-0.39, 0.29) is 18.2 Å². The molecule has 1 aromatic carbocycles. The van der Waals surface area contributed by atoms with Crippen molar-refractivity contribution < 1.29 is 23.4 Å². The third-order valence-electron chi connectivity index (χ3n) is 4.01. The van der Waals surface area contributed by atoms with E-state index in [9.17, 15) is 9.18 Å². The van der Waals surface area contributed by atoms with Crippen molar-refractivity contribution in [2.24, 2.45) is 0 Å². The Morgan fingerprint density at radius 1 is 1.24 bits per heavy atom. The Kier molecular flexibility index (Phi) is 7.81. The largest absolute Gasteiger partial charge is 0.497 e. The van der Waals surface area contributed by atoms with Gasteiger partial charge in [-0.3, -0.25) is 9.88 Å². The van der Waals surface area contributed by atoms with Crippen LogP contribution in [0.1, 0.15) is 38.1 Å². The van der Waals surface area contributed by atoms with Crippen LogP contribution >= 0.6 is 11.6 Å². The molecule has 0 aliphatic rings. The van der Waals surface area contributed by atoms with Crippen LogP contribution < -0.4 is 4.74 Å². The first-order chi connectivity index (χ1) is 13.6. The fraction of sp³-hybridized carbons (Fsp3) is 0.429. The standard InChI is InChI=1S/C21H26ClFN2O4/c1-21(2,3)29-20(26)25(12-14-6-8-15(28-5)9-7-14)19(13-27-4)18-10-16(22)17(23)11-24-18/h6-11,19H,12-13H2,1-5H3. The SMILES string of the molecule is COCC(c1cc(Cl)c(F)cn1)N(Cc1ccc(OC)cc1)C(=O)OC(C)(C)C. The number of hydrogen-bond donors (Lipinski definition) is 0. The zero-order valence-electron chi connectivity index (χ0n) is 17.2. The molecule has 0 saturated carbocycles. The Hall–Kier alpha value is -2.38. The maximum absolute atomic E-state index is 13.6. The summed E-state index contributed by atoms with van der Waals surface area (Å²) in [5.41, 5.74) is 0.560. The van der Waals surface area contributed by atoms with Crippen LogP contribution in [0.3, 0.4) is 0 Å². The van der Waals surface area contributed by atoms with Gasteiger partial charge in [0.1, 0.15) is 17.4 Å². The number of halogens is 2. The lowest BCUT2D eigenvalue weighted by Crippen LogP contribution is -2.40. The molecule has 1 heterocycles. The molecule has 0 saturated heterocycles. The quantitative estimate of drug-likeness (QED) is 0.625. The number of amides is 1. The zero-order chi connectivity index (χ0) is 21.6. The fourth-order valence-corrected chi connectivity index (χ4v) is 2.81. The first-order valence-corrected chi connectivity index (χ1v) is 9.45. The van der Waals surface area contributed by atoms with E-state index in [1.54, 1.807) is 40.0 Å². The minimum atomic E-state index is -0.694. The summed E-state index contributed by atoms with van der Waals surface area (Å²) in [5, 5.41) is -0.0790. The summed E-state index contributed by atoms with van der Waals surface area (Å²) in [6.45, 7) is 5.71. The average Bonchev–Trinajstić information content (AvgIpc) is 2.66. The number of benzene rings is 1. The van der Waals surface area contributed by atoms with E-state index in [0.717, 1.165) is 11.8 Å².